The number of rotatable bonds is 3. The molecule has 1 aliphatic heterocycles. The summed E-state index contributed by atoms with van der Waals surface area (Å²) in [6, 6.07) is 5.18. The van der Waals surface area contributed by atoms with Gasteiger partial charge in [-0.1, -0.05) is 25.0 Å². The van der Waals surface area contributed by atoms with Crippen molar-refractivity contribution < 1.29 is 18.0 Å². The lowest BCUT2D eigenvalue weighted by molar-refractivity contribution is -0.138. The topological polar surface area (TPSA) is 32.3 Å². The van der Waals surface area contributed by atoms with Gasteiger partial charge in [0.25, 0.3) is 5.91 Å². The third kappa shape index (κ3) is 3.37. The normalized spacial score (nSPS) is 22.5. The number of hydrogen-bond donors (Lipinski definition) is 1. The molecule has 126 valence electrons. The van der Waals surface area contributed by atoms with Crippen LogP contribution in [0.2, 0.25) is 0 Å². The molecular weight excluding hydrogens is 305 g/mol. The Bertz CT molecular complexity index is 545. The highest BCUT2D eigenvalue weighted by Gasteiger charge is 2.39. The second-order valence-electron chi connectivity index (χ2n) is 6.34. The summed E-state index contributed by atoms with van der Waals surface area (Å²) >= 11 is 0. The zero-order valence-corrected chi connectivity index (χ0v) is 12.9. The number of nitrogens with zero attached hydrogens (tertiary/aromatic N) is 1. The summed E-state index contributed by atoms with van der Waals surface area (Å²) in [4.78, 5) is 14.7. The molecule has 6 heteroatoms. The maximum Gasteiger partial charge on any atom is 0.417 e. The van der Waals surface area contributed by atoms with E-state index >= 15 is 0 Å². The number of hydrogen-bond acceptors (Lipinski definition) is 2. The van der Waals surface area contributed by atoms with Crippen molar-refractivity contribution in [3.8, 4) is 0 Å². The minimum atomic E-state index is -4.51. The first-order chi connectivity index (χ1) is 11.0. The van der Waals surface area contributed by atoms with Crippen LogP contribution in [0.1, 0.15) is 48.0 Å². The van der Waals surface area contributed by atoms with E-state index in [0.717, 1.165) is 44.7 Å². The van der Waals surface area contributed by atoms with Gasteiger partial charge in [-0.05, 0) is 37.9 Å². The van der Waals surface area contributed by atoms with Gasteiger partial charge in [-0.25, -0.2) is 0 Å². The Hall–Kier alpha value is -1.56. The fraction of sp³-hybridized carbons (Fsp3) is 0.588. The summed E-state index contributed by atoms with van der Waals surface area (Å²) in [5.74, 6) is -0.474. The fourth-order valence-corrected chi connectivity index (χ4v) is 3.74. The van der Waals surface area contributed by atoms with E-state index in [2.05, 4.69) is 5.32 Å². The summed E-state index contributed by atoms with van der Waals surface area (Å²) in [6.07, 6.45) is 0.135. The van der Waals surface area contributed by atoms with Crippen LogP contribution in [-0.4, -0.2) is 36.0 Å². The maximum atomic E-state index is 13.2. The van der Waals surface area contributed by atoms with Crippen LogP contribution in [0.15, 0.2) is 24.3 Å². The predicted octanol–water partition coefficient (Wildman–Crippen LogP) is 3.45. The Labute approximate surface area is 133 Å². The Morgan fingerprint density at radius 3 is 2.39 bits per heavy atom. The quantitative estimate of drug-likeness (QED) is 0.923. The number of amides is 1. The van der Waals surface area contributed by atoms with Gasteiger partial charge in [0.1, 0.15) is 0 Å². The van der Waals surface area contributed by atoms with E-state index in [-0.39, 0.29) is 17.6 Å². The molecule has 1 amide bonds. The fourth-order valence-electron chi connectivity index (χ4n) is 3.74. The van der Waals surface area contributed by atoms with Crippen molar-refractivity contribution in [2.75, 3.05) is 13.1 Å². The largest absolute Gasteiger partial charge is 0.417 e. The molecule has 1 aliphatic carbocycles. The highest BCUT2D eigenvalue weighted by Crippen LogP contribution is 2.34. The molecule has 1 aromatic rings. The van der Waals surface area contributed by atoms with Gasteiger partial charge in [-0.15, -0.1) is 0 Å². The average molecular weight is 326 g/mol. The van der Waals surface area contributed by atoms with E-state index in [9.17, 15) is 18.0 Å². The van der Waals surface area contributed by atoms with Crippen molar-refractivity contribution >= 4 is 5.91 Å². The number of alkyl halides is 3. The van der Waals surface area contributed by atoms with Gasteiger partial charge in [-0.2, -0.15) is 13.2 Å². The van der Waals surface area contributed by atoms with Crippen LogP contribution in [0.5, 0.6) is 0 Å². The molecule has 2 fully saturated rings. The van der Waals surface area contributed by atoms with Crippen molar-refractivity contribution in [3.63, 3.8) is 0 Å². The smallest absolute Gasteiger partial charge is 0.331 e. The van der Waals surface area contributed by atoms with E-state index in [1.165, 1.54) is 18.2 Å². The molecule has 0 radical (unpaired) electrons. The molecular formula is C17H21F3N2O. The van der Waals surface area contributed by atoms with E-state index < -0.39 is 17.6 Å². The van der Waals surface area contributed by atoms with E-state index in [0.29, 0.717) is 6.54 Å². The molecule has 0 bridgehead atoms. The average Bonchev–Trinajstić information content (AvgIpc) is 3.20. The monoisotopic (exact) mass is 326 g/mol. The zero-order chi connectivity index (χ0) is 16.4. The standard InChI is InChI=1S/C17H21F3N2O/c18-17(19,20)15-8-4-3-7-14(15)16(23)22(12-5-1-2-6-12)13-9-10-21-11-13/h3-4,7-8,12-13,21H,1-2,5-6,9-11H2/t13-/m0/s1. The van der Waals surface area contributed by atoms with Gasteiger partial charge < -0.3 is 10.2 Å². The molecule has 1 N–H and O–H groups in total. The number of nitrogens with one attached hydrogen (secondary N) is 1. The summed E-state index contributed by atoms with van der Waals surface area (Å²) in [7, 11) is 0. The Balaban J connectivity index is 1.95. The lowest BCUT2D eigenvalue weighted by Gasteiger charge is -2.35. The molecule has 23 heavy (non-hydrogen) atoms. The van der Waals surface area contributed by atoms with Crippen LogP contribution in [0, 0.1) is 0 Å². The molecule has 2 aliphatic rings. The Kier molecular flexibility index (Phi) is 4.62. The highest BCUT2D eigenvalue weighted by atomic mass is 19.4. The lowest BCUT2D eigenvalue weighted by atomic mass is 10.0. The molecule has 3 nitrogen and oxygen atoms in total. The molecule has 3 rings (SSSR count). The summed E-state index contributed by atoms with van der Waals surface area (Å²) < 4.78 is 39.7. The van der Waals surface area contributed by atoms with Gasteiger partial charge >= 0.3 is 6.18 Å². The van der Waals surface area contributed by atoms with E-state index in [1.54, 1.807) is 4.90 Å². The van der Waals surface area contributed by atoms with E-state index in [1.807, 2.05) is 0 Å². The van der Waals surface area contributed by atoms with Crippen molar-refractivity contribution in [2.24, 2.45) is 0 Å². The van der Waals surface area contributed by atoms with Gasteiger partial charge in [0.05, 0.1) is 11.1 Å². The van der Waals surface area contributed by atoms with Gasteiger partial charge in [0.2, 0.25) is 0 Å². The first-order valence-electron chi connectivity index (χ1n) is 8.18. The number of carbonyl (C=O) groups is 1. The number of carbonyl (C=O) groups excluding carboxylic acids is 1. The van der Waals surface area contributed by atoms with Gasteiger partial charge in [0.15, 0.2) is 0 Å². The van der Waals surface area contributed by atoms with Crippen molar-refractivity contribution in [3.05, 3.63) is 35.4 Å². The molecule has 0 aromatic heterocycles. The minimum Gasteiger partial charge on any atom is -0.331 e. The highest BCUT2D eigenvalue weighted by molar-refractivity contribution is 5.96. The van der Waals surface area contributed by atoms with Crippen LogP contribution in [-0.2, 0) is 6.18 Å². The van der Waals surface area contributed by atoms with Crippen molar-refractivity contribution in [1.82, 2.24) is 10.2 Å². The van der Waals surface area contributed by atoms with Crippen LogP contribution >= 0.6 is 0 Å². The van der Waals surface area contributed by atoms with Gasteiger partial charge in [-0.3, -0.25) is 4.79 Å². The Morgan fingerprint density at radius 2 is 1.78 bits per heavy atom. The first-order valence-corrected chi connectivity index (χ1v) is 8.18. The Morgan fingerprint density at radius 1 is 1.09 bits per heavy atom. The molecule has 1 saturated heterocycles. The summed E-state index contributed by atoms with van der Waals surface area (Å²) in [5, 5.41) is 3.21. The van der Waals surface area contributed by atoms with Crippen LogP contribution in [0.4, 0.5) is 13.2 Å². The zero-order valence-electron chi connectivity index (χ0n) is 12.9. The maximum absolute atomic E-state index is 13.2. The van der Waals surface area contributed by atoms with Crippen LogP contribution in [0.3, 0.4) is 0 Å². The molecule has 0 unspecified atom stereocenters. The molecule has 1 heterocycles. The first kappa shape index (κ1) is 16.3. The van der Waals surface area contributed by atoms with Crippen LogP contribution in [0.25, 0.3) is 0 Å². The predicted molar refractivity (Wildman–Crippen MR) is 81.1 cm³/mol. The number of halogens is 3. The van der Waals surface area contributed by atoms with Crippen molar-refractivity contribution in [2.45, 2.75) is 50.4 Å². The third-order valence-electron chi connectivity index (χ3n) is 4.84. The second-order valence-corrected chi connectivity index (χ2v) is 6.34. The van der Waals surface area contributed by atoms with E-state index in [4.69, 9.17) is 0 Å². The summed E-state index contributed by atoms with van der Waals surface area (Å²) in [5.41, 5.74) is -1.06. The second kappa shape index (κ2) is 6.51. The van der Waals surface area contributed by atoms with Crippen molar-refractivity contribution in [1.29, 1.82) is 0 Å². The molecule has 1 aromatic carbocycles. The molecule has 0 spiro atoms. The van der Waals surface area contributed by atoms with Crippen LogP contribution < -0.4 is 5.32 Å². The SMILES string of the molecule is O=C(c1ccccc1C(F)(F)F)N(C1CCCC1)[C@H]1CCNC1. The number of benzene rings is 1. The minimum absolute atomic E-state index is 0.00751. The van der Waals surface area contributed by atoms with Gasteiger partial charge in [0, 0.05) is 18.6 Å². The molecule has 1 atom stereocenters. The lowest BCUT2D eigenvalue weighted by Crippen LogP contribution is -2.47. The molecule has 1 saturated carbocycles. The third-order valence-corrected chi connectivity index (χ3v) is 4.84. The summed E-state index contributed by atoms with van der Waals surface area (Å²) in [6.45, 7) is 1.47.